The number of methoxy groups -OCH3 is 1. The Kier molecular flexibility index (Phi) is 6.47. The Morgan fingerprint density at radius 3 is 2.15 bits per heavy atom. The van der Waals surface area contributed by atoms with Crippen LogP contribution in [0.4, 0.5) is 11.4 Å². The van der Waals surface area contributed by atoms with Gasteiger partial charge in [0.1, 0.15) is 5.75 Å². The zero-order valence-corrected chi connectivity index (χ0v) is 15.4. The first-order chi connectivity index (χ1) is 13.2. The molecule has 4 heteroatoms. The van der Waals surface area contributed by atoms with Gasteiger partial charge in [-0.3, -0.25) is 4.79 Å². The van der Waals surface area contributed by atoms with Crippen LogP contribution in [-0.4, -0.2) is 19.6 Å². The van der Waals surface area contributed by atoms with E-state index in [2.05, 4.69) is 34.9 Å². The van der Waals surface area contributed by atoms with E-state index in [1.165, 1.54) is 5.56 Å². The molecular weight excluding hydrogens is 336 g/mol. The molecular formula is C23H24N2O2. The summed E-state index contributed by atoms with van der Waals surface area (Å²) in [7, 11) is 1.63. The van der Waals surface area contributed by atoms with Gasteiger partial charge in [-0.2, -0.15) is 0 Å². The first kappa shape index (κ1) is 18.5. The van der Waals surface area contributed by atoms with Crippen molar-refractivity contribution in [2.24, 2.45) is 0 Å². The van der Waals surface area contributed by atoms with Gasteiger partial charge in [0, 0.05) is 17.9 Å². The summed E-state index contributed by atoms with van der Waals surface area (Å²) < 4.78 is 5.13. The van der Waals surface area contributed by atoms with E-state index in [0.717, 1.165) is 35.7 Å². The Bertz CT molecular complexity index is 844. The molecule has 138 valence electrons. The van der Waals surface area contributed by atoms with Crippen LogP contribution in [-0.2, 0) is 17.6 Å². The van der Waals surface area contributed by atoms with E-state index < -0.39 is 0 Å². The van der Waals surface area contributed by atoms with Crippen LogP contribution in [0.15, 0.2) is 78.9 Å². The monoisotopic (exact) mass is 360 g/mol. The third-order valence-corrected chi connectivity index (χ3v) is 4.28. The van der Waals surface area contributed by atoms with Crippen molar-refractivity contribution in [3.63, 3.8) is 0 Å². The smallest absolute Gasteiger partial charge is 0.228 e. The molecule has 3 aromatic carbocycles. The van der Waals surface area contributed by atoms with Gasteiger partial charge in [-0.05, 0) is 53.9 Å². The van der Waals surface area contributed by atoms with Crippen LogP contribution in [0, 0.1) is 0 Å². The Labute approximate surface area is 160 Å². The number of benzene rings is 3. The van der Waals surface area contributed by atoms with E-state index in [4.69, 9.17) is 4.74 Å². The van der Waals surface area contributed by atoms with Crippen molar-refractivity contribution in [3.8, 4) is 5.75 Å². The molecule has 27 heavy (non-hydrogen) atoms. The lowest BCUT2D eigenvalue weighted by atomic mass is 10.1. The number of rotatable bonds is 8. The van der Waals surface area contributed by atoms with Crippen molar-refractivity contribution in [2.75, 3.05) is 24.3 Å². The number of hydrogen-bond acceptors (Lipinski definition) is 3. The first-order valence-electron chi connectivity index (χ1n) is 9.03. The summed E-state index contributed by atoms with van der Waals surface area (Å²) in [6.07, 6.45) is 1.31. The number of ether oxygens (including phenoxy) is 1. The van der Waals surface area contributed by atoms with E-state index in [0.29, 0.717) is 6.42 Å². The molecule has 2 N–H and O–H groups in total. The van der Waals surface area contributed by atoms with Gasteiger partial charge in [-0.1, -0.05) is 42.5 Å². The lowest BCUT2D eigenvalue weighted by Gasteiger charge is -2.09. The highest BCUT2D eigenvalue weighted by atomic mass is 16.5. The van der Waals surface area contributed by atoms with Crippen LogP contribution in [0.25, 0.3) is 0 Å². The number of carbonyl (C=O) groups is 1. The second-order valence-corrected chi connectivity index (χ2v) is 6.31. The predicted molar refractivity (Wildman–Crippen MR) is 110 cm³/mol. The number of hydrogen-bond donors (Lipinski definition) is 2. The van der Waals surface area contributed by atoms with Crippen molar-refractivity contribution < 1.29 is 9.53 Å². The fourth-order valence-electron chi connectivity index (χ4n) is 2.80. The fourth-order valence-corrected chi connectivity index (χ4v) is 2.80. The van der Waals surface area contributed by atoms with Gasteiger partial charge < -0.3 is 15.4 Å². The second-order valence-electron chi connectivity index (χ2n) is 6.31. The minimum atomic E-state index is -0.0371. The summed E-state index contributed by atoms with van der Waals surface area (Å²) in [5.74, 6) is 0.750. The highest BCUT2D eigenvalue weighted by Crippen LogP contribution is 2.15. The topological polar surface area (TPSA) is 50.4 Å². The Morgan fingerprint density at radius 2 is 1.48 bits per heavy atom. The van der Waals surface area contributed by atoms with Gasteiger partial charge >= 0.3 is 0 Å². The molecule has 0 radical (unpaired) electrons. The van der Waals surface area contributed by atoms with Crippen LogP contribution in [0.2, 0.25) is 0 Å². The number of amides is 1. The normalized spacial score (nSPS) is 10.3. The van der Waals surface area contributed by atoms with Gasteiger partial charge in [0.25, 0.3) is 0 Å². The van der Waals surface area contributed by atoms with Crippen molar-refractivity contribution >= 4 is 17.3 Å². The van der Waals surface area contributed by atoms with Gasteiger partial charge in [-0.15, -0.1) is 0 Å². The lowest BCUT2D eigenvalue weighted by molar-refractivity contribution is -0.115. The average molecular weight is 360 g/mol. The van der Waals surface area contributed by atoms with Crippen LogP contribution < -0.4 is 15.4 Å². The molecule has 3 aromatic rings. The van der Waals surface area contributed by atoms with Crippen molar-refractivity contribution in [1.82, 2.24) is 0 Å². The number of nitrogens with one attached hydrogen (secondary N) is 2. The summed E-state index contributed by atoms with van der Waals surface area (Å²) in [6.45, 7) is 0.868. The first-order valence-corrected chi connectivity index (χ1v) is 9.03. The molecule has 0 aromatic heterocycles. The van der Waals surface area contributed by atoms with E-state index in [1.807, 2.05) is 54.6 Å². The van der Waals surface area contributed by atoms with E-state index in [1.54, 1.807) is 7.11 Å². The van der Waals surface area contributed by atoms with Crippen molar-refractivity contribution in [2.45, 2.75) is 12.8 Å². The largest absolute Gasteiger partial charge is 0.497 e. The summed E-state index contributed by atoms with van der Waals surface area (Å²) in [4.78, 5) is 12.2. The molecule has 0 fully saturated rings. The third-order valence-electron chi connectivity index (χ3n) is 4.28. The Balaban J connectivity index is 1.45. The molecule has 0 aliphatic carbocycles. The summed E-state index contributed by atoms with van der Waals surface area (Å²) in [6, 6.07) is 25.7. The van der Waals surface area contributed by atoms with Crippen molar-refractivity contribution in [3.05, 3.63) is 90.0 Å². The van der Waals surface area contributed by atoms with Crippen LogP contribution in [0.5, 0.6) is 5.75 Å². The third kappa shape index (κ3) is 5.89. The molecule has 0 bridgehead atoms. The summed E-state index contributed by atoms with van der Waals surface area (Å²) in [5.41, 5.74) is 4.10. The van der Waals surface area contributed by atoms with Crippen molar-refractivity contribution in [1.29, 1.82) is 0 Å². The number of carbonyl (C=O) groups excluding carboxylic acids is 1. The standard InChI is InChI=1S/C23H24N2O2/c1-27-22-13-7-19(8-14-22)17-23(26)25-21-11-9-20(10-12-21)24-16-15-18-5-3-2-4-6-18/h2-14,24H,15-17H2,1H3,(H,25,26). The highest BCUT2D eigenvalue weighted by molar-refractivity contribution is 5.92. The van der Waals surface area contributed by atoms with Crippen LogP contribution in [0.1, 0.15) is 11.1 Å². The SMILES string of the molecule is COc1ccc(CC(=O)Nc2ccc(NCCc3ccccc3)cc2)cc1. The zero-order valence-electron chi connectivity index (χ0n) is 15.4. The van der Waals surface area contributed by atoms with Gasteiger partial charge in [0.15, 0.2) is 0 Å². The minimum Gasteiger partial charge on any atom is -0.497 e. The van der Waals surface area contributed by atoms with E-state index in [-0.39, 0.29) is 5.91 Å². The maximum atomic E-state index is 12.2. The van der Waals surface area contributed by atoms with Gasteiger partial charge in [0.05, 0.1) is 13.5 Å². The molecule has 0 atom stereocenters. The van der Waals surface area contributed by atoms with Gasteiger partial charge in [0.2, 0.25) is 5.91 Å². The molecule has 0 saturated carbocycles. The van der Waals surface area contributed by atoms with E-state index in [9.17, 15) is 4.79 Å². The minimum absolute atomic E-state index is 0.0371. The molecule has 0 unspecified atom stereocenters. The fraction of sp³-hybridized carbons (Fsp3) is 0.174. The molecule has 0 spiro atoms. The van der Waals surface area contributed by atoms with Gasteiger partial charge in [-0.25, -0.2) is 0 Å². The van der Waals surface area contributed by atoms with Crippen LogP contribution >= 0.6 is 0 Å². The Hall–Kier alpha value is -3.27. The molecule has 1 amide bonds. The second kappa shape index (κ2) is 9.43. The lowest BCUT2D eigenvalue weighted by Crippen LogP contribution is -2.14. The van der Waals surface area contributed by atoms with Crippen LogP contribution in [0.3, 0.4) is 0 Å². The molecule has 0 saturated heterocycles. The summed E-state index contributed by atoms with van der Waals surface area (Å²) >= 11 is 0. The molecule has 0 aliphatic heterocycles. The van der Waals surface area contributed by atoms with E-state index >= 15 is 0 Å². The summed E-state index contributed by atoms with van der Waals surface area (Å²) in [5, 5.41) is 6.33. The average Bonchev–Trinajstić information content (AvgIpc) is 2.71. The maximum absolute atomic E-state index is 12.2. The zero-order chi connectivity index (χ0) is 18.9. The predicted octanol–water partition coefficient (Wildman–Crippen LogP) is 4.53. The highest BCUT2D eigenvalue weighted by Gasteiger charge is 2.05. The molecule has 0 heterocycles. The molecule has 4 nitrogen and oxygen atoms in total. The Morgan fingerprint density at radius 1 is 0.815 bits per heavy atom. The molecule has 0 aliphatic rings. The quantitative estimate of drug-likeness (QED) is 0.620. The maximum Gasteiger partial charge on any atom is 0.228 e. The molecule has 3 rings (SSSR count). The number of anilines is 2.